The van der Waals surface area contributed by atoms with Crippen LogP contribution in [0.3, 0.4) is 0 Å². The Balaban J connectivity index is 2.78. The van der Waals surface area contributed by atoms with Crippen molar-refractivity contribution in [3.05, 3.63) is 32.8 Å². The Bertz CT molecular complexity index is 421. The zero-order chi connectivity index (χ0) is 12.1. The minimum Gasteiger partial charge on any atom is -0.379 e. The van der Waals surface area contributed by atoms with E-state index in [1.165, 1.54) is 13.0 Å². The van der Waals surface area contributed by atoms with Gasteiger partial charge in [0.2, 0.25) is 0 Å². The first kappa shape index (κ1) is 12.6. The Morgan fingerprint density at radius 3 is 2.81 bits per heavy atom. The van der Waals surface area contributed by atoms with Crippen LogP contribution in [0, 0.1) is 10.1 Å². The monoisotopic (exact) mass is 286 g/mol. The van der Waals surface area contributed by atoms with Crippen molar-refractivity contribution in [2.24, 2.45) is 0 Å². The number of carbonyl (C=O) groups is 1. The molecular weight excluding hydrogens is 276 g/mol. The highest BCUT2D eigenvalue weighted by Gasteiger charge is 2.13. The zero-order valence-electron chi connectivity index (χ0n) is 8.70. The number of nitrogens with zero attached hydrogens (tertiary/aromatic N) is 1. The molecule has 0 radical (unpaired) electrons. The van der Waals surface area contributed by atoms with Crippen molar-refractivity contribution in [2.45, 2.75) is 13.3 Å². The lowest BCUT2D eigenvalue weighted by molar-refractivity contribution is -0.384. The predicted octanol–water partition coefficient (Wildman–Crippen LogP) is 2.75. The molecule has 0 aliphatic carbocycles. The number of rotatable bonds is 5. The summed E-state index contributed by atoms with van der Waals surface area (Å²) < 4.78 is 0.649. The summed E-state index contributed by atoms with van der Waals surface area (Å²) in [5.74, 6) is 0.0484. The fourth-order valence-corrected chi connectivity index (χ4v) is 1.53. The lowest BCUT2D eigenvalue weighted by atomic mass is 10.2. The van der Waals surface area contributed by atoms with E-state index >= 15 is 0 Å². The highest BCUT2D eigenvalue weighted by molar-refractivity contribution is 9.10. The third-order valence-corrected chi connectivity index (χ3v) is 2.44. The molecule has 1 N–H and O–H groups in total. The maximum absolute atomic E-state index is 10.7. The Kier molecular flexibility index (Phi) is 4.42. The molecule has 16 heavy (non-hydrogen) atoms. The van der Waals surface area contributed by atoms with E-state index in [1.54, 1.807) is 12.1 Å². The first-order valence-corrected chi connectivity index (χ1v) is 5.47. The molecule has 0 fully saturated rings. The number of anilines is 1. The molecule has 0 amide bonds. The number of nitro groups is 1. The normalized spacial score (nSPS) is 9.88. The molecule has 0 saturated carbocycles. The van der Waals surface area contributed by atoms with Crippen LogP contribution in [0.1, 0.15) is 13.3 Å². The second-order valence-electron chi connectivity index (χ2n) is 3.30. The lowest BCUT2D eigenvalue weighted by Crippen LogP contribution is -2.07. The molecule has 6 heteroatoms. The minimum absolute atomic E-state index is 0.00192. The van der Waals surface area contributed by atoms with Crippen molar-refractivity contribution < 1.29 is 9.72 Å². The molecule has 0 saturated heterocycles. The van der Waals surface area contributed by atoms with Crippen LogP contribution < -0.4 is 5.32 Å². The number of hydrogen-bond acceptors (Lipinski definition) is 4. The molecule has 0 aliphatic heterocycles. The van der Waals surface area contributed by atoms with Crippen molar-refractivity contribution in [2.75, 3.05) is 11.9 Å². The molecule has 1 rings (SSSR count). The summed E-state index contributed by atoms with van der Waals surface area (Å²) in [7, 11) is 0. The number of nitro benzene ring substituents is 1. The van der Waals surface area contributed by atoms with Crippen molar-refractivity contribution in [3.8, 4) is 0 Å². The van der Waals surface area contributed by atoms with Gasteiger partial charge in [0, 0.05) is 23.5 Å². The van der Waals surface area contributed by atoms with Crippen LogP contribution in [-0.2, 0) is 4.79 Å². The van der Waals surface area contributed by atoms with E-state index in [4.69, 9.17) is 0 Å². The molecule has 0 aliphatic rings. The van der Waals surface area contributed by atoms with Gasteiger partial charge in [0.25, 0.3) is 5.69 Å². The molecule has 0 aromatic heterocycles. The van der Waals surface area contributed by atoms with E-state index in [9.17, 15) is 14.9 Å². The molecule has 0 heterocycles. The molecule has 0 atom stereocenters. The molecule has 0 spiro atoms. The van der Waals surface area contributed by atoms with Crippen molar-refractivity contribution >= 4 is 33.1 Å². The number of Topliss-reactive ketones (excluding diaryl/α,β-unsaturated/α-hetero) is 1. The number of benzene rings is 1. The van der Waals surface area contributed by atoms with Crippen LogP contribution in [-0.4, -0.2) is 17.3 Å². The van der Waals surface area contributed by atoms with Crippen molar-refractivity contribution in [1.82, 2.24) is 0 Å². The smallest absolute Gasteiger partial charge is 0.293 e. The molecular formula is C10H11BrN2O3. The minimum atomic E-state index is -0.457. The van der Waals surface area contributed by atoms with Crippen molar-refractivity contribution in [3.63, 3.8) is 0 Å². The van der Waals surface area contributed by atoms with Gasteiger partial charge in [-0.15, -0.1) is 0 Å². The van der Waals surface area contributed by atoms with Gasteiger partial charge >= 0.3 is 0 Å². The van der Waals surface area contributed by atoms with Gasteiger partial charge in [-0.1, -0.05) is 15.9 Å². The average molecular weight is 287 g/mol. The molecule has 5 nitrogen and oxygen atoms in total. The summed E-state index contributed by atoms with van der Waals surface area (Å²) in [4.78, 5) is 21.0. The van der Waals surface area contributed by atoms with Crippen LogP contribution in [0.15, 0.2) is 22.7 Å². The molecule has 0 unspecified atom stereocenters. The third-order valence-electron chi connectivity index (χ3n) is 1.95. The first-order valence-electron chi connectivity index (χ1n) is 4.68. The summed E-state index contributed by atoms with van der Waals surface area (Å²) in [5, 5.41) is 13.6. The highest BCUT2D eigenvalue weighted by atomic mass is 79.9. The third kappa shape index (κ3) is 3.62. The van der Waals surface area contributed by atoms with Gasteiger partial charge in [0.15, 0.2) is 0 Å². The first-order chi connectivity index (χ1) is 7.50. The van der Waals surface area contributed by atoms with Crippen LogP contribution in [0.4, 0.5) is 11.4 Å². The van der Waals surface area contributed by atoms with Gasteiger partial charge in [-0.3, -0.25) is 14.9 Å². The van der Waals surface area contributed by atoms with Gasteiger partial charge < -0.3 is 5.32 Å². The Morgan fingerprint density at radius 2 is 2.25 bits per heavy atom. The predicted molar refractivity (Wildman–Crippen MR) is 64.6 cm³/mol. The van der Waals surface area contributed by atoms with Crippen LogP contribution in [0.5, 0.6) is 0 Å². The number of carbonyl (C=O) groups excluding carboxylic acids is 1. The summed E-state index contributed by atoms with van der Waals surface area (Å²) in [6.07, 6.45) is 0.354. The van der Waals surface area contributed by atoms with Gasteiger partial charge in [0.05, 0.1) is 4.92 Å². The Hall–Kier alpha value is -1.43. The summed E-state index contributed by atoms with van der Waals surface area (Å²) in [6.45, 7) is 1.88. The number of halogens is 1. The quantitative estimate of drug-likeness (QED) is 0.667. The van der Waals surface area contributed by atoms with Crippen molar-refractivity contribution in [1.29, 1.82) is 0 Å². The molecule has 86 valence electrons. The van der Waals surface area contributed by atoms with E-state index in [0.717, 1.165) is 0 Å². The van der Waals surface area contributed by atoms with Gasteiger partial charge in [-0.05, 0) is 19.1 Å². The second kappa shape index (κ2) is 5.60. The largest absolute Gasteiger partial charge is 0.379 e. The molecule has 1 aromatic rings. The van der Waals surface area contributed by atoms with E-state index in [0.29, 0.717) is 23.1 Å². The fraction of sp³-hybridized carbons (Fsp3) is 0.300. The average Bonchev–Trinajstić information content (AvgIpc) is 2.19. The van der Waals surface area contributed by atoms with Crippen LogP contribution >= 0.6 is 15.9 Å². The van der Waals surface area contributed by atoms with Gasteiger partial charge in [-0.25, -0.2) is 0 Å². The number of nitrogens with one attached hydrogen (secondary N) is 1. The number of hydrogen-bond donors (Lipinski definition) is 1. The summed E-state index contributed by atoms with van der Waals surface area (Å²) in [6, 6.07) is 4.75. The fourth-order valence-electron chi connectivity index (χ4n) is 1.18. The highest BCUT2D eigenvalue weighted by Crippen LogP contribution is 2.27. The van der Waals surface area contributed by atoms with Gasteiger partial charge in [0.1, 0.15) is 11.5 Å². The maximum Gasteiger partial charge on any atom is 0.293 e. The summed E-state index contributed by atoms with van der Waals surface area (Å²) >= 11 is 3.17. The zero-order valence-corrected chi connectivity index (χ0v) is 10.3. The lowest BCUT2D eigenvalue weighted by Gasteiger charge is -2.05. The standard InChI is InChI=1S/C10H11BrN2O3/c1-7(14)4-5-12-9-3-2-8(11)6-10(9)13(15)16/h2-3,6,12H,4-5H2,1H3. The van der Waals surface area contributed by atoms with Gasteiger partial charge in [-0.2, -0.15) is 0 Å². The second-order valence-corrected chi connectivity index (χ2v) is 4.21. The summed E-state index contributed by atoms with van der Waals surface area (Å²) in [5.41, 5.74) is 0.423. The van der Waals surface area contributed by atoms with E-state index in [2.05, 4.69) is 21.2 Å². The Labute approximate surface area is 101 Å². The van der Waals surface area contributed by atoms with E-state index in [-0.39, 0.29) is 11.5 Å². The molecule has 0 bridgehead atoms. The topological polar surface area (TPSA) is 72.2 Å². The maximum atomic E-state index is 10.7. The van der Waals surface area contributed by atoms with Crippen LogP contribution in [0.25, 0.3) is 0 Å². The number of ketones is 1. The SMILES string of the molecule is CC(=O)CCNc1ccc(Br)cc1[N+](=O)[O-]. The van der Waals surface area contributed by atoms with E-state index in [1.807, 2.05) is 0 Å². The molecule has 1 aromatic carbocycles. The van der Waals surface area contributed by atoms with Crippen LogP contribution in [0.2, 0.25) is 0 Å². The Morgan fingerprint density at radius 1 is 1.56 bits per heavy atom. The van der Waals surface area contributed by atoms with E-state index < -0.39 is 4.92 Å².